The summed E-state index contributed by atoms with van der Waals surface area (Å²) < 4.78 is 37.8. The smallest absolute Gasteiger partial charge is 0.338 e. The summed E-state index contributed by atoms with van der Waals surface area (Å²) in [5.41, 5.74) is 0.788. The summed E-state index contributed by atoms with van der Waals surface area (Å²) in [7, 11) is -2.42. The van der Waals surface area contributed by atoms with Gasteiger partial charge in [0, 0.05) is 11.3 Å². The van der Waals surface area contributed by atoms with E-state index in [1.807, 2.05) is 0 Å². The number of ether oxygens (including phenoxy) is 2. The average molecular weight is 425 g/mol. The molecular formula is C22H19NO6S. The monoisotopic (exact) mass is 425 g/mol. The maximum Gasteiger partial charge on any atom is 0.338 e. The van der Waals surface area contributed by atoms with Crippen LogP contribution in [0.1, 0.15) is 20.7 Å². The van der Waals surface area contributed by atoms with Gasteiger partial charge in [-0.15, -0.1) is 0 Å². The lowest BCUT2D eigenvalue weighted by molar-refractivity contribution is 0.0474. The Morgan fingerprint density at radius 3 is 2.20 bits per heavy atom. The lowest BCUT2D eigenvalue weighted by Crippen LogP contribution is -2.16. The molecule has 0 saturated heterocycles. The molecule has 0 aliphatic rings. The van der Waals surface area contributed by atoms with Gasteiger partial charge < -0.3 is 9.47 Å². The minimum atomic E-state index is -3.93. The number of hydrogen-bond acceptors (Lipinski definition) is 6. The number of carbonyl (C=O) groups is 2. The Kier molecular flexibility index (Phi) is 6.48. The van der Waals surface area contributed by atoms with Crippen molar-refractivity contribution < 1.29 is 27.5 Å². The van der Waals surface area contributed by atoms with E-state index in [-0.39, 0.29) is 16.2 Å². The first-order valence-electron chi connectivity index (χ1n) is 8.91. The van der Waals surface area contributed by atoms with Crippen LogP contribution in [0.4, 0.5) is 5.69 Å². The van der Waals surface area contributed by atoms with E-state index in [0.29, 0.717) is 17.0 Å². The van der Waals surface area contributed by atoms with Gasteiger partial charge in [0.25, 0.3) is 10.0 Å². The number of sulfonamides is 1. The van der Waals surface area contributed by atoms with E-state index >= 15 is 0 Å². The molecule has 0 fully saturated rings. The molecule has 0 radical (unpaired) electrons. The van der Waals surface area contributed by atoms with Crippen LogP contribution in [0.5, 0.6) is 5.75 Å². The molecule has 0 heterocycles. The van der Waals surface area contributed by atoms with Gasteiger partial charge in [-0.2, -0.15) is 0 Å². The highest BCUT2D eigenvalue weighted by Crippen LogP contribution is 2.20. The van der Waals surface area contributed by atoms with Crippen LogP contribution in [0.25, 0.3) is 0 Å². The first-order valence-corrected chi connectivity index (χ1v) is 10.4. The summed E-state index contributed by atoms with van der Waals surface area (Å²) in [4.78, 5) is 24.2. The van der Waals surface area contributed by atoms with Gasteiger partial charge in [0.05, 0.1) is 17.6 Å². The van der Waals surface area contributed by atoms with Crippen molar-refractivity contribution in [2.45, 2.75) is 4.90 Å². The number of nitrogens with one attached hydrogen (secondary N) is 1. The Balaban J connectivity index is 1.69. The van der Waals surface area contributed by atoms with E-state index in [4.69, 9.17) is 9.47 Å². The first kappa shape index (κ1) is 21.1. The van der Waals surface area contributed by atoms with E-state index in [1.54, 1.807) is 54.6 Å². The van der Waals surface area contributed by atoms with Crippen molar-refractivity contribution in [3.63, 3.8) is 0 Å². The molecule has 0 spiro atoms. The van der Waals surface area contributed by atoms with E-state index in [2.05, 4.69) is 4.72 Å². The van der Waals surface area contributed by atoms with E-state index in [9.17, 15) is 18.0 Å². The summed E-state index contributed by atoms with van der Waals surface area (Å²) >= 11 is 0. The summed E-state index contributed by atoms with van der Waals surface area (Å²) in [6.07, 6.45) is 0. The number of methoxy groups -OCH3 is 1. The third kappa shape index (κ3) is 5.24. The summed E-state index contributed by atoms with van der Waals surface area (Å²) in [6.45, 7) is -0.441. The lowest BCUT2D eigenvalue weighted by atomic mass is 10.1. The molecule has 0 amide bonds. The predicted molar refractivity (Wildman–Crippen MR) is 111 cm³/mol. The molecular weight excluding hydrogens is 406 g/mol. The number of hydrogen-bond donors (Lipinski definition) is 1. The summed E-state index contributed by atoms with van der Waals surface area (Å²) in [5, 5.41) is 0. The normalized spacial score (nSPS) is 10.8. The number of ketones is 1. The Morgan fingerprint density at radius 2 is 1.53 bits per heavy atom. The molecule has 3 aromatic rings. The molecule has 8 heteroatoms. The highest BCUT2D eigenvalue weighted by Gasteiger charge is 2.18. The van der Waals surface area contributed by atoms with Gasteiger partial charge in [-0.05, 0) is 42.5 Å². The molecule has 0 aliphatic carbocycles. The molecule has 0 bridgehead atoms. The molecule has 3 aromatic carbocycles. The zero-order valence-electron chi connectivity index (χ0n) is 16.1. The van der Waals surface area contributed by atoms with Crippen molar-refractivity contribution in [1.82, 2.24) is 0 Å². The number of anilines is 1. The summed E-state index contributed by atoms with van der Waals surface area (Å²) in [5.74, 6) is -0.553. The highest BCUT2D eigenvalue weighted by molar-refractivity contribution is 7.92. The maximum absolute atomic E-state index is 12.6. The van der Waals surface area contributed by atoms with Crippen LogP contribution < -0.4 is 9.46 Å². The van der Waals surface area contributed by atoms with Gasteiger partial charge in [-0.25, -0.2) is 13.2 Å². The fourth-order valence-electron chi connectivity index (χ4n) is 2.59. The van der Waals surface area contributed by atoms with Gasteiger partial charge in [-0.3, -0.25) is 9.52 Å². The molecule has 0 saturated carbocycles. The highest BCUT2D eigenvalue weighted by atomic mass is 32.2. The molecule has 7 nitrogen and oxygen atoms in total. The fourth-order valence-corrected chi connectivity index (χ4v) is 3.69. The average Bonchev–Trinajstić information content (AvgIpc) is 2.78. The first-order chi connectivity index (χ1) is 14.4. The van der Waals surface area contributed by atoms with E-state index < -0.39 is 22.6 Å². The van der Waals surface area contributed by atoms with Crippen molar-refractivity contribution in [2.75, 3.05) is 18.4 Å². The zero-order valence-corrected chi connectivity index (χ0v) is 16.9. The van der Waals surface area contributed by atoms with Crippen molar-refractivity contribution >= 4 is 27.5 Å². The number of rotatable bonds is 8. The van der Waals surface area contributed by atoms with Crippen LogP contribution in [0.15, 0.2) is 83.8 Å². The van der Waals surface area contributed by atoms with Crippen LogP contribution in [-0.2, 0) is 14.8 Å². The Morgan fingerprint density at radius 1 is 0.867 bits per heavy atom. The van der Waals surface area contributed by atoms with Crippen LogP contribution in [-0.4, -0.2) is 33.9 Å². The van der Waals surface area contributed by atoms with Gasteiger partial charge in [-0.1, -0.05) is 36.4 Å². The standard InChI is InChI=1S/C22H19NO6S/c1-28-19-12-10-18(11-13-19)23-30(26,27)20-9-5-8-17(14-20)22(25)29-15-21(24)16-6-3-2-4-7-16/h2-14,23H,15H2,1H3. The van der Waals surface area contributed by atoms with Crippen molar-refractivity contribution in [2.24, 2.45) is 0 Å². The van der Waals surface area contributed by atoms with E-state index in [1.165, 1.54) is 31.4 Å². The van der Waals surface area contributed by atoms with Gasteiger partial charge in [0.15, 0.2) is 12.4 Å². The van der Waals surface area contributed by atoms with E-state index in [0.717, 1.165) is 0 Å². The predicted octanol–water partition coefficient (Wildman–Crippen LogP) is 3.54. The van der Waals surface area contributed by atoms with Crippen LogP contribution >= 0.6 is 0 Å². The second-order valence-corrected chi connectivity index (χ2v) is 7.91. The Labute approximate surface area is 174 Å². The molecule has 3 rings (SSSR count). The SMILES string of the molecule is COc1ccc(NS(=O)(=O)c2cccc(C(=O)OCC(=O)c3ccccc3)c2)cc1. The number of Topliss-reactive ketones (excluding diaryl/α,β-unsaturated/α-hetero) is 1. The van der Waals surface area contributed by atoms with Crippen LogP contribution in [0.2, 0.25) is 0 Å². The largest absolute Gasteiger partial charge is 0.497 e. The molecule has 30 heavy (non-hydrogen) atoms. The van der Waals surface area contributed by atoms with Gasteiger partial charge >= 0.3 is 5.97 Å². The second-order valence-electron chi connectivity index (χ2n) is 6.23. The fraction of sp³-hybridized carbons (Fsp3) is 0.0909. The number of carbonyl (C=O) groups excluding carboxylic acids is 2. The maximum atomic E-state index is 12.6. The molecule has 0 aliphatic heterocycles. The van der Waals surface area contributed by atoms with Gasteiger partial charge in [0.2, 0.25) is 0 Å². The van der Waals surface area contributed by atoms with Crippen molar-refractivity contribution in [1.29, 1.82) is 0 Å². The van der Waals surface area contributed by atoms with Gasteiger partial charge in [0.1, 0.15) is 5.75 Å². The van der Waals surface area contributed by atoms with Crippen LogP contribution in [0.3, 0.4) is 0 Å². The van der Waals surface area contributed by atoms with Crippen LogP contribution in [0, 0.1) is 0 Å². The topological polar surface area (TPSA) is 98.8 Å². The Bertz CT molecular complexity index is 1140. The summed E-state index contributed by atoms with van der Waals surface area (Å²) in [6, 6.07) is 20.2. The number of esters is 1. The van der Waals surface area contributed by atoms with Crippen molar-refractivity contribution in [3.8, 4) is 5.75 Å². The third-order valence-electron chi connectivity index (χ3n) is 4.15. The molecule has 1 N–H and O–H groups in total. The van der Waals surface area contributed by atoms with Crippen molar-refractivity contribution in [3.05, 3.63) is 90.0 Å². The molecule has 0 unspecified atom stereocenters. The zero-order chi connectivity index (χ0) is 21.6. The third-order valence-corrected chi connectivity index (χ3v) is 5.53. The minimum absolute atomic E-state index is 0.0217. The lowest BCUT2D eigenvalue weighted by Gasteiger charge is -2.10. The minimum Gasteiger partial charge on any atom is -0.497 e. The quantitative estimate of drug-likeness (QED) is 0.438. The second kappa shape index (κ2) is 9.23. The Hall–Kier alpha value is -3.65. The number of benzene rings is 3. The molecule has 0 atom stereocenters. The molecule has 0 aromatic heterocycles. The molecule has 154 valence electrons.